The summed E-state index contributed by atoms with van der Waals surface area (Å²) in [5, 5.41) is 5.60. The molecule has 138 valence electrons. The zero-order chi connectivity index (χ0) is 18.6. The predicted octanol–water partition coefficient (Wildman–Crippen LogP) is 0.490. The molecule has 2 rings (SSSR count). The van der Waals surface area contributed by atoms with Gasteiger partial charge in [0.25, 0.3) is 5.91 Å². The number of nitrogens with zero attached hydrogens (tertiary/aromatic N) is 2. The summed E-state index contributed by atoms with van der Waals surface area (Å²) in [5.41, 5.74) is 0.517. The van der Waals surface area contributed by atoms with E-state index in [1.807, 2.05) is 13.2 Å². The van der Waals surface area contributed by atoms with Crippen LogP contribution >= 0.6 is 11.8 Å². The highest BCUT2D eigenvalue weighted by Gasteiger charge is 2.40. The van der Waals surface area contributed by atoms with Gasteiger partial charge in [-0.25, -0.2) is 4.98 Å². The Morgan fingerprint density at radius 3 is 2.64 bits per heavy atom. The van der Waals surface area contributed by atoms with Crippen molar-refractivity contribution >= 4 is 29.5 Å². The Labute approximate surface area is 151 Å². The number of rotatable bonds is 6. The molecule has 0 radical (unpaired) electrons. The molecule has 25 heavy (non-hydrogen) atoms. The van der Waals surface area contributed by atoms with E-state index in [0.717, 1.165) is 0 Å². The first-order valence-electron chi connectivity index (χ1n) is 8.18. The van der Waals surface area contributed by atoms with Crippen LogP contribution in [0.1, 0.15) is 35.5 Å². The minimum atomic E-state index is -0.567. The van der Waals surface area contributed by atoms with Crippen LogP contribution in [0.15, 0.2) is 4.42 Å². The maximum absolute atomic E-state index is 12.4. The zero-order valence-electron chi connectivity index (χ0n) is 14.9. The highest BCUT2D eigenvalue weighted by Crippen LogP contribution is 2.20. The molecule has 8 nitrogen and oxygen atoms in total. The fraction of sp³-hybridized carbons (Fsp3) is 0.625. The number of aryl methyl sites for hydroxylation is 2. The minimum absolute atomic E-state index is 0.104. The van der Waals surface area contributed by atoms with Gasteiger partial charge in [0.1, 0.15) is 6.04 Å². The first kappa shape index (κ1) is 19.3. The van der Waals surface area contributed by atoms with Crippen LogP contribution in [-0.2, 0) is 9.59 Å². The van der Waals surface area contributed by atoms with E-state index in [1.165, 1.54) is 11.8 Å². The summed E-state index contributed by atoms with van der Waals surface area (Å²) >= 11 is 1.41. The number of thioether (sulfide) groups is 1. The summed E-state index contributed by atoms with van der Waals surface area (Å²) in [6.07, 6.45) is 2.22. The smallest absolute Gasteiger partial charge is 0.289 e. The topological polar surface area (TPSA) is 105 Å². The van der Waals surface area contributed by atoms with Crippen LogP contribution in [0.4, 0.5) is 0 Å². The Morgan fingerprint density at radius 2 is 2.08 bits per heavy atom. The van der Waals surface area contributed by atoms with Crippen molar-refractivity contribution in [1.82, 2.24) is 20.5 Å². The number of amides is 3. The second kappa shape index (κ2) is 8.37. The van der Waals surface area contributed by atoms with Gasteiger partial charge in [0, 0.05) is 26.1 Å². The number of carbonyl (C=O) groups excluding carboxylic acids is 3. The van der Waals surface area contributed by atoms with Crippen LogP contribution in [0.25, 0.3) is 0 Å². The minimum Gasteiger partial charge on any atom is -0.436 e. The molecule has 0 aliphatic carbocycles. The lowest BCUT2D eigenvalue weighted by atomic mass is 10.1. The summed E-state index contributed by atoms with van der Waals surface area (Å²) in [7, 11) is 0. The van der Waals surface area contributed by atoms with Gasteiger partial charge >= 0.3 is 0 Å². The molecule has 0 spiro atoms. The van der Waals surface area contributed by atoms with Crippen molar-refractivity contribution in [2.45, 2.75) is 39.3 Å². The van der Waals surface area contributed by atoms with Crippen LogP contribution in [-0.4, -0.2) is 64.8 Å². The van der Waals surface area contributed by atoms with Crippen LogP contribution in [0.2, 0.25) is 0 Å². The van der Waals surface area contributed by atoms with E-state index in [1.54, 1.807) is 18.7 Å². The average molecular weight is 368 g/mol. The molecule has 0 bridgehead atoms. The highest BCUT2D eigenvalue weighted by molar-refractivity contribution is 7.99. The van der Waals surface area contributed by atoms with E-state index in [2.05, 4.69) is 15.6 Å². The Hall–Kier alpha value is -2.03. The molecule has 1 fully saturated rings. The number of likely N-dealkylation sites (tertiary alicyclic amines) is 1. The van der Waals surface area contributed by atoms with Gasteiger partial charge in [0.2, 0.25) is 17.6 Å². The molecule has 2 N–H and O–H groups in total. The molecule has 2 heterocycles. The summed E-state index contributed by atoms with van der Waals surface area (Å²) in [6.45, 7) is 6.00. The fourth-order valence-electron chi connectivity index (χ4n) is 2.96. The van der Waals surface area contributed by atoms with Crippen LogP contribution in [0, 0.1) is 13.8 Å². The maximum atomic E-state index is 12.4. The molecule has 3 amide bonds. The normalized spacial score (nSPS) is 19.8. The molecule has 0 unspecified atom stereocenters. The highest BCUT2D eigenvalue weighted by atomic mass is 32.2. The molecular formula is C16H24N4O4S. The largest absolute Gasteiger partial charge is 0.436 e. The third kappa shape index (κ3) is 4.53. The SMILES string of the molecule is CCNC(=O)[C@@H]1C[C@@H](NC(=O)c2oc(C)nc2C)CN1C(=O)CSC. The first-order chi connectivity index (χ1) is 11.9. The molecular weight excluding hydrogens is 344 g/mol. The molecule has 0 saturated carbocycles. The van der Waals surface area contributed by atoms with Gasteiger partial charge in [-0.2, -0.15) is 11.8 Å². The quantitative estimate of drug-likeness (QED) is 0.757. The zero-order valence-corrected chi connectivity index (χ0v) is 15.7. The molecule has 1 saturated heterocycles. The van der Waals surface area contributed by atoms with E-state index >= 15 is 0 Å². The van der Waals surface area contributed by atoms with Gasteiger partial charge in [-0.15, -0.1) is 0 Å². The Balaban J connectivity index is 2.09. The summed E-state index contributed by atoms with van der Waals surface area (Å²) < 4.78 is 5.33. The van der Waals surface area contributed by atoms with Crippen molar-refractivity contribution < 1.29 is 18.8 Å². The van der Waals surface area contributed by atoms with Gasteiger partial charge in [-0.3, -0.25) is 14.4 Å². The number of likely N-dealkylation sites (N-methyl/N-ethyl adjacent to an activating group) is 1. The van der Waals surface area contributed by atoms with E-state index in [9.17, 15) is 14.4 Å². The Morgan fingerprint density at radius 1 is 1.36 bits per heavy atom. The van der Waals surface area contributed by atoms with Crippen LogP contribution < -0.4 is 10.6 Å². The molecule has 1 aromatic rings. The lowest BCUT2D eigenvalue weighted by molar-refractivity contribution is -0.136. The summed E-state index contributed by atoms with van der Waals surface area (Å²) in [6, 6.07) is -0.877. The van der Waals surface area contributed by atoms with Gasteiger partial charge in [0.15, 0.2) is 5.89 Å². The van der Waals surface area contributed by atoms with Crippen LogP contribution in [0.5, 0.6) is 0 Å². The van der Waals surface area contributed by atoms with Gasteiger partial charge in [0.05, 0.1) is 11.4 Å². The second-order valence-electron chi connectivity index (χ2n) is 5.94. The van der Waals surface area contributed by atoms with E-state index in [4.69, 9.17) is 4.42 Å². The molecule has 2 atom stereocenters. The average Bonchev–Trinajstić information content (AvgIpc) is 3.11. The number of aromatic nitrogens is 1. The van der Waals surface area contributed by atoms with Gasteiger partial charge in [-0.05, 0) is 26.5 Å². The van der Waals surface area contributed by atoms with E-state index < -0.39 is 6.04 Å². The van der Waals surface area contributed by atoms with Crippen molar-refractivity contribution in [1.29, 1.82) is 0 Å². The lowest BCUT2D eigenvalue weighted by Crippen LogP contribution is -2.46. The van der Waals surface area contributed by atoms with Crippen molar-refractivity contribution in [2.75, 3.05) is 25.1 Å². The Kier molecular flexibility index (Phi) is 6.46. The van der Waals surface area contributed by atoms with Crippen molar-refractivity contribution in [3.63, 3.8) is 0 Å². The third-order valence-corrected chi connectivity index (χ3v) is 4.52. The first-order valence-corrected chi connectivity index (χ1v) is 9.57. The molecule has 1 aromatic heterocycles. The predicted molar refractivity (Wildman–Crippen MR) is 94.4 cm³/mol. The van der Waals surface area contributed by atoms with Crippen LogP contribution in [0.3, 0.4) is 0 Å². The third-order valence-electron chi connectivity index (χ3n) is 3.99. The molecule has 1 aliphatic heterocycles. The lowest BCUT2D eigenvalue weighted by Gasteiger charge is -2.23. The standard InChI is InChI=1S/C16H24N4O4S/c1-5-17-15(22)12-6-11(7-20(12)13(21)8-25-4)19-16(23)14-9(2)18-10(3)24-14/h11-12H,5-8H2,1-4H3,(H,17,22)(H,19,23)/t11-,12+/m1/s1. The fourth-order valence-corrected chi connectivity index (χ4v) is 3.37. The van der Waals surface area contributed by atoms with Gasteiger partial charge < -0.3 is 20.0 Å². The summed E-state index contributed by atoms with van der Waals surface area (Å²) in [5.74, 6) is 0.216. The van der Waals surface area contributed by atoms with E-state index in [-0.39, 0.29) is 29.5 Å². The van der Waals surface area contributed by atoms with Crippen molar-refractivity contribution in [3.05, 3.63) is 17.3 Å². The number of hydrogen-bond donors (Lipinski definition) is 2. The van der Waals surface area contributed by atoms with Crippen molar-refractivity contribution in [3.8, 4) is 0 Å². The van der Waals surface area contributed by atoms with Crippen molar-refractivity contribution in [2.24, 2.45) is 0 Å². The monoisotopic (exact) mass is 368 g/mol. The molecule has 1 aliphatic rings. The molecule has 0 aromatic carbocycles. The second-order valence-corrected chi connectivity index (χ2v) is 6.81. The number of carbonyl (C=O) groups is 3. The van der Waals surface area contributed by atoms with E-state index in [0.29, 0.717) is 36.8 Å². The maximum Gasteiger partial charge on any atom is 0.289 e. The summed E-state index contributed by atoms with van der Waals surface area (Å²) in [4.78, 5) is 42.6. The number of hydrogen-bond acceptors (Lipinski definition) is 6. The van der Waals surface area contributed by atoms with Gasteiger partial charge in [-0.1, -0.05) is 0 Å². The number of oxazole rings is 1. The Bertz CT molecular complexity index is 635. The number of nitrogens with one attached hydrogen (secondary N) is 2. The molecule has 9 heteroatoms.